The molecule has 0 radical (unpaired) electrons. The number of rotatable bonds is 9. The number of aromatic nitrogens is 2. The van der Waals surface area contributed by atoms with Crippen molar-refractivity contribution < 1.29 is 43.1 Å². The quantitative estimate of drug-likeness (QED) is 0.219. The predicted octanol–water partition coefficient (Wildman–Crippen LogP) is 3.83. The van der Waals surface area contributed by atoms with E-state index >= 15 is 0 Å². The molecule has 0 atom stereocenters. The van der Waals surface area contributed by atoms with Crippen LogP contribution in [0.4, 0.5) is 22.7 Å². The second-order valence-corrected chi connectivity index (χ2v) is 12.1. The summed E-state index contributed by atoms with van der Waals surface area (Å²) in [6.45, 7) is 1.57. The normalized spacial score (nSPS) is 10.6. The zero-order valence-corrected chi connectivity index (χ0v) is 30.6. The Morgan fingerprint density at radius 1 is 0.380 bits per heavy atom. The van der Waals surface area contributed by atoms with Crippen LogP contribution < -0.4 is 53.7 Å². The van der Waals surface area contributed by atoms with Crippen LogP contribution >= 0.6 is 0 Å². The van der Waals surface area contributed by atoms with E-state index in [4.69, 9.17) is 0 Å². The molecule has 0 fully saturated rings. The third-order valence-electron chi connectivity index (χ3n) is 8.85. The van der Waals surface area contributed by atoms with Crippen LogP contribution in [0, 0.1) is 0 Å². The van der Waals surface area contributed by atoms with Crippen LogP contribution in [0.3, 0.4) is 0 Å². The maximum atomic E-state index is 3.60. The van der Waals surface area contributed by atoms with Crippen LogP contribution in [0.5, 0.6) is 0 Å². The lowest BCUT2D eigenvalue weighted by molar-refractivity contribution is -0.662. The van der Waals surface area contributed by atoms with Gasteiger partial charge in [-0.05, 0) is 59.7 Å². The molecular formula is C44H36Br2N4. The summed E-state index contributed by atoms with van der Waals surface area (Å²) in [6.07, 6.45) is 4.37. The number of anilines is 4. The Morgan fingerprint density at radius 2 is 0.780 bits per heavy atom. The molecule has 0 aliphatic carbocycles. The van der Waals surface area contributed by atoms with Crippen molar-refractivity contribution >= 4 is 44.6 Å². The molecule has 8 rings (SSSR count). The lowest BCUT2D eigenvalue weighted by atomic mass is 10.0. The molecule has 0 saturated carbocycles. The van der Waals surface area contributed by atoms with Crippen molar-refractivity contribution in [2.75, 3.05) is 10.6 Å². The van der Waals surface area contributed by atoms with Crippen LogP contribution in [0.15, 0.2) is 182 Å². The van der Waals surface area contributed by atoms with Gasteiger partial charge in [-0.15, -0.1) is 0 Å². The molecule has 6 heteroatoms. The summed E-state index contributed by atoms with van der Waals surface area (Å²) in [6, 6.07) is 60.1. The fourth-order valence-corrected chi connectivity index (χ4v) is 6.51. The van der Waals surface area contributed by atoms with Crippen molar-refractivity contribution in [1.82, 2.24) is 0 Å². The first-order chi connectivity index (χ1) is 23.8. The first-order valence-electron chi connectivity index (χ1n) is 16.4. The molecular weight excluding hydrogens is 744 g/mol. The van der Waals surface area contributed by atoms with Gasteiger partial charge in [-0.3, -0.25) is 0 Å². The van der Waals surface area contributed by atoms with Crippen LogP contribution in [-0.4, -0.2) is 0 Å². The van der Waals surface area contributed by atoms with E-state index in [-0.39, 0.29) is 34.0 Å². The molecule has 50 heavy (non-hydrogen) atoms. The molecule has 2 heterocycles. The Kier molecular flexibility index (Phi) is 11.0. The fourth-order valence-electron chi connectivity index (χ4n) is 6.51. The van der Waals surface area contributed by atoms with E-state index in [2.05, 4.69) is 190 Å². The van der Waals surface area contributed by atoms with Crippen LogP contribution in [0.25, 0.3) is 32.9 Å². The van der Waals surface area contributed by atoms with E-state index in [0.29, 0.717) is 0 Å². The number of nitrogens with zero attached hydrogens (tertiary/aromatic N) is 2. The SMILES string of the molecule is [Br-].[Br-].c1ccc(Nc2cc[n+](Cc3cccc(-c4cccc(C[n+]5ccc(Nc6ccccc6)c6ccccc65)c4)c3)c3ccccc23)cc1. The van der Waals surface area contributed by atoms with Crippen molar-refractivity contribution in [3.05, 3.63) is 193 Å². The van der Waals surface area contributed by atoms with Crippen molar-refractivity contribution in [2.24, 2.45) is 0 Å². The van der Waals surface area contributed by atoms with Crippen LogP contribution in [0.1, 0.15) is 11.1 Å². The standard InChI is InChI=1S/C44H34N4.2BrH/c1-3-17-37(18-4-1)45-41-25-27-47(43-23-9-7-21-39(41)43)31-33-13-11-15-35(29-33)36-16-12-14-34(30-36)32-48-28-26-42(40-22-8-10-24-44(40)48)46-38-19-5-2-6-20-38;;/h1-30H,31-32H2;2*1H. The van der Waals surface area contributed by atoms with Gasteiger partial charge in [-0.2, -0.15) is 9.13 Å². The molecule has 246 valence electrons. The van der Waals surface area contributed by atoms with Gasteiger partial charge < -0.3 is 44.6 Å². The molecule has 0 aliphatic heterocycles. The average molecular weight is 781 g/mol. The molecule has 4 nitrogen and oxygen atoms in total. The maximum absolute atomic E-state index is 3.60. The predicted molar refractivity (Wildman–Crippen MR) is 198 cm³/mol. The molecule has 0 bridgehead atoms. The number of fused-ring (bicyclic) bond motifs is 2. The van der Waals surface area contributed by atoms with Gasteiger partial charge in [0.2, 0.25) is 11.0 Å². The minimum Gasteiger partial charge on any atom is -1.00 e. The Morgan fingerprint density at radius 3 is 1.22 bits per heavy atom. The van der Waals surface area contributed by atoms with Gasteiger partial charge in [0.15, 0.2) is 25.5 Å². The van der Waals surface area contributed by atoms with E-state index in [1.165, 1.54) is 44.1 Å². The van der Waals surface area contributed by atoms with Gasteiger partial charge in [0.05, 0.1) is 22.1 Å². The number of para-hydroxylation sites is 4. The summed E-state index contributed by atoms with van der Waals surface area (Å²) in [7, 11) is 0. The average Bonchev–Trinajstić information content (AvgIpc) is 3.15. The molecule has 2 N–H and O–H groups in total. The fraction of sp³-hybridized carbons (Fsp3) is 0.0455. The Bertz CT molecular complexity index is 2190. The smallest absolute Gasteiger partial charge is 0.214 e. The zero-order valence-electron chi connectivity index (χ0n) is 27.4. The van der Waals surface area contributed by atoms with Gasteiger partial charge in [-0.25, -0.2) is 0 Å². The number of hydrogen-bond acceptors (Lipinski definition) is 2. The van der Waals surface area contributed by atoms with Crippen LogP contribution in [0.2, 0.25) is 0 Å². The Hall–Kier alpha value is -5.30. The largest absolute Gasteiger partial charge is 1.00 e. The van der Waals surface area contributed by atoms with Crippen molar-refractivity contribution in [3.63, 3.8) is 0 Å². The molecule has 2 aromatic heterocycles. The van der Waals surface area contributed by atoms with E-state index in [9.17, 15) is 0 Å². The Balaban J connectivity index is 0.00000216. The highest BCUT2D eigenvalue weighted by Crippen LogP contribution is 2.27. The van der Waals surface area contributed by atoms with Crippen LogP contribution in [-0.2, 0) is 13.1 Å². The monoisotopic (exact) mass is 778 g/mol. The number of nitrogens with one attached hydrogen (secondary N) is 2. The van der Waals surface area contributed by atoms with Gasteiger partial charge in [0, 0.05) is 46.8 Å². The minimum atomic E-state index is 0. The summed E-state index contributed by atoms with van der Waals surface area (Å²) in [5.74, 6) is 0. The summed E-state index contributed by atoms with van der Waals surface area (Å²) < 4.78 is 4.66. The molecule has 0 aliphatic rings. The maximum Gasteiger partial charge on any atom is 0.214 e. The number of pyridine rings is 2. The van der Waals surface area contributed by atoms with E-state index in [1.54, 1.807) is 0 Å². The summed E-state index contributed by atoms with van der Waals surface area (Å²) in [5, 5.41) is 9.58. The topological polar surface area (TPSA) is 31.8 Å². The van der Waals surface area contributed by atoms with Crippen molar-refractivity contribution in [1.29, 1.82) is 0 Å². The molecule has 6 aromatic carbocycles. The Labute approximate surface area is 314 Å². The van der Waals surface area contributed by atoms with E-state index in [1.807, 2.05) is 12.1 Å². The molecule has 0 saturated heterocycles. The summed E-state index contributed by atoms with van der Waals surface area (Å²) in [4.78, 5) is 0. The van der Waals surface area contributed by atoms with E-state index < -0.39 is 0 Å². The number of hydrogen-bond donors (Lipinski definition) is 2. The highest BCUT2D eigenvalue weighted by molar-refractivity contribution is 5.91. The summed E-state index contributed by atoms with van der Waals surface area (Å²) in [5.41, 5.74) is 11.7. The summed E-state index contributed by atoms with van der Waals surface area (Å²) >= 11 is 0. The highest BCUT2D eigenvalue weighted by atomic mass is 79.9. The lowest BCUT2D eigenvalue weighted by Crippen LogP contribution is -3.00. The molecule has 0 amide bonds. The van der Waals surface area contributed by atoms with Gasteiger partial charge >= 0.3 is 0 Å². The second-order valence-electron chi connectivity index (χ2n) is 12.1. The van der Waals surface area contributed by atoms with Gasteiger partial charge in [-0.1, -0.05) is 97.1 Å². The van der Waals surface area contributed by atoms with Crippen molar-refractivity contribution in [3.8, 4) is 11.1 Å². The first-order valence-corrected chi connectivity index (χ1v) is 16.4. The van der Waals surface area contributed by atoms with E-state index in [0.717, 1.165) is 35.8 Å². The minimum absolute atomic E-state index is 0. The molecule has 0 unspecified atom stereocenters. The highest BCUT2D eigenvalue weighted by Gasteiger charge is 2.16. The lowest BCUT2D eigenvalue weighted by Gasteiger charge is -2.11. The third kappa shape index (κ3) is 7.62. The third-order valence-corrected chi connectivity index (χ3v) is 8.85. The van der Waals surface area contributed by atoms with Crippen molar-refractivity contribution in [2.45, 2.75) is 13.1 Å². The second kappa shape index (κ2) is 15.9. The number of halogens is 2. The van der Waals surface area contributed by atoms with Gasteiger partial charge in [0.1, 0.15) is 0 Å². The number of benzene rings is 6. The first kappa shape index (κ1) is 34.6. The van der Waals surface area contributed by atoms with Gasteiger partial charge in [0.25, 0.3) is 0 Å². The molecule has 8 aromatic rings. The molecule has 0 spiro atoms. The zero-order chi connectivity index (χ0) is 32.1.